The second-order valence-corrected chi connectivity index (χ2v) is 7.35. The molecule has 1 N–H and O–H groups in total. The molecule has 0 amide bonds. The third-order valence-corrected chi connectivity index (χ3v) is 5.51. The predicted molar refractivity (Wildman–Crippen MR) is 96.0 cm³/mol. The molecule has 1 aliphatic rings. The van der Waals surface area contributed by atoms with E-state index in [4.69, 9.17) is 10.00 Å². The SMILES string of the molecule is N#CCc1ccccc1S(=O)(=O)Nc1ccc(N2CCOCC2)cc1. The van der Waals surface area contributed by atoms with Gasteiger partial charge in [-0.2, -0.15) is 5.26 Å². The average Bonchev–Trinajstić information content (AvgIpc) is 2.63. The molecule has 1 aliphatic heterocycles. The van der Waals surface area contributed by atoms with Gasteiger partial charge < -0.3 is 9.64 Å². The van der Waals surface area contributed by atoms with Crippen molar-refractivity contribution in [2.45, 2.75) is 11.3 Å². The maximum absolute atomic E-state index is 12.6. The van der Waals surface area contributed by atoms with E-state index in [1.807, 2.05) is 18.2 Å². The lowest BCUT2D eigenvalue weighted by Gasteiger charge is -2.28. The summed E-state index contributed by atoms with van der Waals surface area (Å²) in [6, 6.07) is 15.8. The number of anilines is 2. The highest BCUT2D eigenvalue weighted by Gasteiger charge is 2.18. The Morgan fingerprint density at radius 3 is 2.44 bits per heavy atom. The van der Waals surface area contributed by atoms with Crippen LogP contribution in [0.3, 0.4) is 0 Å². The molecule has 25 heavy (non-hydrogen) atoms. The summed E-state index contributed by atoms with van der Waals surface area (Å²) >= 11 is 0. The van der Waals surface area contributed by atoms with E-state index in [0.29, 0.717) is 24.5 Å². The molecule has 1 saturated heterocycles. The summed E-state index contributed by atoms with van der Waals surface area (Å²) in [6.45, 7) is 3.05. The van der Waals surface area contributed by atoms with E-state index in [1.165, 1.54) is 6.07 Å². The number of nitrogens with zero attached hydrogens (tertiary/aromatic N) is 2. The maximum atomic E-state index is 12.6. The Morgan fingerprint density at radius 2 is 1.76 bits per heavy atom. The molecule has 0 spiro atoms. The van der Waals surface area contributed by atoms with Gasteiger partial charge in [0.2, 0.25) is 0 Å². The van der Waals surface area contributed by atoms with E-state index in [9.17, 15) is 8.42 Å². The van der Waals surface area contributed by atoms with E-state index < -0.39 is 10.0 Å². The first-order valence-corrected chi connectivity index (χ1v) is 9.49. The van der Waals surface area contributed by atoms with Crippen molar-refractivity contribution in [1.82, 2.24) is 0 Å². The third-order valence-electron chi connectivity index (χ3n) is 4.03. The number of hydrogen-bond donors (Lipinski definition) is 1. The first kappa shape index (κ1) is 17.3. The third kappa shape index (κ3) is 4.10. The molecule has 130 valence electrons. The summed E-state index contributed by atoms with van der Waals surface area (Å²) in [4.78, 5) is 2.33. The summed E-state index contributed by atoms with van der Waals surface area (Å²) < 4.78 is 33.2. The van der Waals surface area contributed by atoms with Crippen molar-refractivity contribution in [1.29, 1.82) is 5.26 Å². The Morgan fingerprint density at radius 1 is 1.08 bits per heavy atom. The standard InChI is InChI=1S/C18H19N3O3S/c19-10-9-15-3-1-2-4-18(15)25(22,23)20-16-5-7-17(8-6-16)21-11-13-24-14-12-21/h1-8,20H,9,11-14H2. The normalized spacial score (nSPS) is 14.8. The second kappa shape index (κ2) is 7.55. The topological polar surface area (TPSA) is 82.4 Å². The predicted octanol–water partition coefficient (Wildman–Crippen LogP) is 2.39. The molecule has 6 nitrogen and oxygen atoms in total. The van der Waals surface area contributed by atoms with E-state index >= 15 is 0 Å². The van der Waals surface area contributed by atoms with Crippen LogP contribution in [0.25, 0.3) is 0 Å². The van der Waals surface area contributed by atoms with Gasteiger partial charge in [-0.3, -0.25) is 4.72 Å². The van der Waals surface area contributed by atoms with Gasteiger partial charge in [0.25, 0.3) is 10.0 Å². The van der Waals surface area contributed by atoms with Gasteiger partial charge in [-0.25, -0.2) is 8.42 Å². The average molecular weight is 357 g/mol. The van der Waals surface area contributed by atoms with Crippen molar-refractivity contribution in [2.75, 3.05) is 35.9 Å². The zero-order valence-electron chi connectivity index (χ0n) is 13.7. The molecular weight excluding hydrogens is 338 g/mol. The molecular formula is C18H19N3O3S. The molecule has 7 heteroatoms. The van der Waals surface area contributed by atoms with Gasteiger partial charge in [0.1, 0.15) is 0 Å². The molecule has 1 heterocycles. The first-order chi connectivity index (χ1) is 12.1. The van der Waals surface area contributed by atoms with Gasteiger partial charge in [0.05, 0.1) is 30.6 Å². The molecule has 0 atom stereocenters. The number of benzene rings is 2. The summed E-state index contributed by atoms with van der Waals surface area (Å²) in [5, 5.41) is 8.88. The molecule has 1 fully saturated rings. The number of nitriles is 1. The first-order valence-electron chi connectivity index (χ1n) is 8.00. The fourth-order valence-electron chi connectivity index (χ4n) is 2.77. The number of sulfonamides is 1. The zero-order chi connectivity index (χ0) is 17.7. The number of nitrogens with one attached hydrogen (secondary N) is 1. The molecule has 0 aliphatic carbocycles. The van der Waals surface area contributed by atoms with E-state index in [0.717, 1.165) is 18.8 Å². The molecule has 0 saturated carbocycles. The maximum Gasteiger partial charge on any atom is 0.262 e. The summed E-state index contributed by atoms with van der Waals surface area (Å²) in [5.41, 5.74) is 2.02. The fourth-order valence-corrected chi connectivity index (χ4v) is 4.07. The largest absolute Gasteiger partial charge is 0.378 e. The van der Waals surface area contributed by atoms with Crippen molar-refractivity contribution in [2.24, 2.45) is 0 Å². The van der Waals surface area contributed by atoms with Crippen molar-refractivity contribution in [3.63, 3.8) is 0 Å². The van der Waals surface area contributed by atoms with Crippen LogP contribution in [-0.2, 0) is 21.2 Å². The smallest absolute Gasteiger partial charge is 0.262 e. The van der Waals surface area contributed by atoms with E-state index in [1.54, 1.807) is 30.3 Å². The number of hydrogen-bond acceptors (Lipinski definition) is 5. The molecule has 0 unspecified atom stereocenters. The van der Waals surface area contributed by atoms with Gasteiger partial charge in [0, 0.05) is 24.5 Å². The van der Waals surface area contributed by atoms with Crippen LogP contribution in [0.15, 0.2) is 53.4 Å². The Hall–Kier alpha value is -2.56. The minimum atomic E-state index is -3.74. The highest BCUT2D eigenvalue weighted by Crippen LogP contribution is 2.23. The lowest BCUT2D eigenvalue weighted by molar-refractivity contribution is 0.122. The van der Waals surface area contributed by atoms with Crippen LogP contribution in [0.2, 0.25) is 0 Å². The molecule has 0 radical (unpaired) electrons. The Balaban J connectivity index is 1.78. The number of morpholine rings is 1. The van der Waals surface area contributed by atoms with Crippen LogP contribution in [-0.4, -0.2) is 34.7 Å². The quantitative estimate of drug-likeness (QED) is 0.888. The molecule has 2 aromatic rings. The summed E-state index contributed by atoms with van der Waals surface area (Å²) in [5.74, 6) is 0. The van der Waals surface area contributed by atoms with Crippen LogP contribution < -0.4 is 9.62 Å². The number of ether oxygens (including phenoxy) is 1. The molecule has 2 aromatic carbocycles. The fraction of sp³-hybridized carbons (Fsp3) is 0.278. The summed E-state index contributed by atoms with van der Waals surface area (Å²) in [7, 11) is -3.74. The Kier molecular flexibility index (Phi) is 5.22. The Bertz CT molecular complexity index is 867. The Labute approximate surface area is 147 Å². The van der Waals surface area contributed by atoms with Crippen LogP contribution in [0.1, 0.15) is 5.56 Å². The van der Waals surface area contributed by atoms with Gasteiger partial charge in [0.15, 0.2) is 0 Å². The lowest BCUT2D eigenvalue weighted by atomic mass is 10.2. The lowest BCUT2D eigenvalue weighted by Crippen LogP contribution is -2.36. The second-order valence-electron chi connectivity index (χ2n) is 5.69. The van der Waals surface area contributed by atoms with Crippen molar-refractivity contribution >= 4 is 21.4 Å². The van der Waals surface area contributed by atoms with Crippen molar-refractivity contribution < 1.29 is 13.2 Å². The van der Waals surface area contributed by atoms with Gasteiger partial charge >= 0.3 is 0 Å². The highest BCUT2D eigenvalue weighted by molar-refractivity contribution is 7.92. The van der Waals surface area contributed by atoms with Gasteiger partial charge in [-0.05, 0) is 35.9 Å². The highest BCUT2D eigenvalue weighted by atomic mass is 32.2. The zero-order valence-corrected chi connectivity index (χ0v) is 14.5. The number of rotatable bonds is 5. The summed E-state index contributed by atoms with van der Waals surface area (Å²) in [6.07, 6.45) is 0.0487. The van der Waals surface area contributed by atoms with Crippen molar-refractivity contribution in [3.8, 4) is 6.07 Å². The van der Waals surface area contributed by atoms with E-state index in [2.05, 4.69) is 9.62 Å². The molecule has 3 rings (SSSR count). The van der Waals surface area contributed by atoms with Gasteiger partial charge in [-0.15, -0.1) is 0 Å². The monoisotopic (exact) mass is 357 g/mol. The van der Waals surface area contributed by atoms with Crippen LogP contribution in [0.4, 0.5) is 11.4 Å². The minimum absolute atomic E-state index is 0.0487. The minimum Gasteiger partial charge on any atom is -0.378 e. The van der Waals surface area contributed by atoms with Crippen LogP contribution in [0.5, 0.6) is 0 Å². The molecule has 0 bridgehead atoms. The van der Waals surface area contributed by atoms with Crippen LogP contribution >= 0.6 is 0 Å². The van der Waals surface area contributed by atoms with Gasteiger partial charge in [-0.1, -0.05) is 18.2 Å². The van der Waals surface area contributed by atoms with Crippen LogP contribution in [0, 0.1) is 11.3 Å². The van der Waals surface area contributed by atoms with E-state index in [-0.39, 0.29) is 11.3 Å². The molecule has 0 aromatic heterocycles. The van der Waals surface area contributed by atoms with Crippen molar-refractivity contribution in [3.05, 3.63) is 54.1 Å².